The minimum absolute atomic E-state index is 0.0672. The molecule has 0 amide bonds. The van der Waals surface area contributed by atoms with Gasteiger partial charge in [-0.1, -0.05) is 30.3 Å². The van der Waals surface area contributed by atoms with Crippen LogP contribution in [0.2, 0.25) is 0 Å². The van der Waals surface area contributed by atoms with Crippen LogP contribution in [-0.4, -0.2) is 24.2 Å². The third kappa shape index (κ3) is 3.46. The van der Waals surface area contributed by atoms with Crippen molar-refractivity contribution >= 4 is 20.9 Å². The predicted molar refractivity (Wildman–Crippen MR) is 110 cm³/mol. The average Bonchev–Trinajstić information content (AvgIpc) is 2.70. The Morgan fingerprint density at radius 2 is 1.64 bits per heavy atom. The second-order valence-electron chi connectivity index (χ2n) is 6.66. The van der Waals surface area contributed by atoms with Crippen LogP contribution in [0.3, 0.4) is 0 Å². The van der Waals surface area contributed by atoms with Gasteiger partial charge in [0.1, 0.15) is 5.65 Å². The van der Waals surface area contributed by atoms with Crippen molar-refractivity contribution in [3.05, 3.63) is 100 Å². The van der Waals surface area contributed by atoms with E-state index in [0.29, 0.717) is 23.0 Å². The Morgan fingerprint density at radius 3 is 2.32 bits per heavy atom. The molecule has 0 aliphatic carbocycles. The summed E-state index contributed by atoms with van der Waals surface area (Å²) in [5.41, 5.74) is 2.95. The zero-order chi connectivity index (χ0) is 19.7. The Labute approximate surface area is 162 Å². The van der Waals surface area contributed by atoms with Gasteiger partial charge in [0, 0.05) is 36.3 Å². The van der Waals surface area contributed by atoms with Crippen molar-refractivity contribution in [2.24, 2.45) is 0 Å². The summed E-state index contributed by atoms with van der Waals surface area (Å²) in [6.45, 7) is 0. The molecule has 0 saturated heterocycles. The molecule has 2 aromatic carbocycles. The first-order chi connectivity index (χ1) is 13.4. The van der Waals surface area contributed by atoms with Gasteiger partial charge in [0.05, 0.1) is 10.3 Å². The number of hydrogen-bond donors (Lipinski definition) is 0. The molecule has 0 spiro atoms. The lowest BCUT2D eigenvalue weighted by atomic mass is 10.0. The second kappa shape index (κ2) is 7.05. The van der Waals surface area contributed by atoms with E-state index in [9.17, 15) is 13.2 Å². The molecule has 2 heterocycles. The van der Waals surface area contributed by atoms with Gasteiger partial charge in [0.2, 0.25) is 0 Å². The zero-order valence-electron chi connectivity index (χ0n) is 15.2. The number of hydrogen-bond acceptors (Lipinski definition) is 4. The lowest BCUT2D eigenvalue weighted by Crippen LogP contribution is -2.15. The molecule has 140 valence electrons. The predicted octanol–water partition coefficient (Wildman–Crippen LogP) is 3.38. The highest BCUT2D eigenvalue weighted by Gasteiger charge is 2.12. The third-order valence-electron chi connectivity index (χ3n) is 4.62. The lowest BCUT2D eigenvalue weighted by molar-refractivity contribution is 0.602. The molecule has 6 heteroatoms. The van der Waals surface area contributed by atoms with Crippen molar-refractivity contribution < 1.29 is 8.42 Å². The summed E-state index contributed by atoms with van der Waals surface area (Å²) in [5, 5.41) is 0.552. The summed E-state index contributed by atoms with van der Waals surface area (Å²) < 4.78 is 25.2. The molecule has 0 N–H and O–H groups in total. The third-order valence-corrected chi connectivity index (χ3v) is 5.74. The Bertz CT molecular complexity index is 1310. The monoisotopic (exact) mass is 390 g/mol. The SMILES string of the molecule is CS(=O)(=O)c1ccc(Cc2cn(-c3ccccc3)c3ncccc3c2=O)cc1. The van der Waals surface area contributed by atoms with Gasteiger partial charge in [-0.25, -0.2) is 13.4 Å². The van der Waals surface area contributed by atoms with Gasteiger partial charge in [0.25, 0.3) is 0 Å². The highest BCUT2D eigenvalue weighted by Crippen LogP contribution is 2.18. The highest BCUT2D eigenvalue weighted by molar-refractivity contribution is 7.90. The first kappa shape index (κ1) is 18.1. The van der Waals surface area contributed by atoms with Gasteiger partial charge in [0.15, 0.2) is 15.3 Å². The second-order valence-corrected chi connectivity index (χ2v) is 8.67. The van der Waals surface area contributed by atoms with E-state index in [2.05, 4.69) is 4.98 Å². The van der Waals surface area contributed by atoms with Crippen molar-refractivity contribution in [3.63, 3.8) is 0 Å². The molecule has 0 saturated carbocycles. The van der Waals surface area contributed by atoms with Crippen LogP contribution in [0.1, 0.15) is 11.1 Å². The number of sulfone groups is 1. The van der Waals surface area contributed by atoms with Gasteiger partial charge >= 0.3 is 0 Å². The number of fused-ring (bicyclic) bond motifs is 1. The molecule has 0 aliphatic heterocycles. The number of pyridine rings is 2. The lowest BCUT2D eigenvalue weighted by Gasteiger charge is -2.13. The maximum absolute atomic E-state index is 13.0. The molecule has 2 aromatic heterocycles. The van der Waals surface area contributed by atoms with E-state index < -0.39 is 9.84 Å². The number of rotatable bonds is 4. The van der Waals surface area contributed by atoms with E-state index in [1.165, 1.54) is 6.26 Å². The van der Waals surface area contributed by atoms with Gasteiger partial charge < -0.3 is 4.57 Å². The van der Waals surface area contributed by atoms with E-state index in [1.54, 1.807) is 42.6 Å². The summed E-state index contributed by atoms with van der Waals surface area (Å²) >= 11 is 0. The van der Waals surface area contributed by atoms with Crippen LogP contribution < -0.4 is 5.43 Å². The molecular formula is C22H18N2O3S. The molecule has 0 bridgehead atoms. The molecule has 0 fully saturated rings. The van der Waals surface area contributed by atoms with Crippen molar-refractivity contribution in [2.75, 3.05) is 6.26 Å². The summed E-state index contributed by atoms with van der Waals surface area (Å²) in [7, 11) is -3.25. The summed E-state index contributed by atoms with van der Waals surface area (Å²) in [6.07, 6.45) is 5.07. The fourth-order valence-corrected chi connectivity index (χ4v) is 3.83. The maximum atomic E-state index is 13.0. The van der Waals surface area contributed by atoms with Crippen molar-refractivity contribution in [1.82, 2.24) is 9.55 Å². The van der Waals surface area contributed by atoms with Gasteiger partial charge in [-0.05, 0) is 42.0 Å². The zero-order valence-corrected chi connectivity index (χ0v) is 16.1. The normalized spacial score (nSPS) is 11.6. The van der Waals surface area contributed by atoms with Crippen LogP contribution in [0, 0.1) is 0 Å². The van der Waals surface area contributed by atoms with Gasteiger partial charge in [-0.3, -0.25) is 4.79 Å². The molecule has 0 unspecified atom stereocenters. The van der Waals surface area contributed by atoms with E-state index in [0.717, 1.165) is 11.3 Å². The van der Waals surface area contributed by atoms with E-state index >= 15 is 0 Å². The van der Waals surface area contributed by atoms with Crippen molar-refractivity contribution in [3.8, 4) is 5.69 Å². The van der Waals surface area contributed by atoms with Crippen molar-refractivity contribution in [1.29, 1.82) is 0 Å². The fraction of sp³-hybridized carbons (Fsp3) is 0.0909. The standard InChI is InChI=1S/C22H18N2O3S/c1-28(26,27)19-11-9-16(10-12-19)14-17-15-24(18-6-3-2-4-7-18)22-20(21(17)25)8-5-13-23-22/h2-13,15H,14H2,1H3. The quantitative estimate of drug-likeness (QED) is 0.536. The Balaban J connectivity index is 1.84. The van der Waals surface area contributed by atoms with Gasteiger partial charge in [-0.2, -0.15) is 0 Å². The van der Waals surface area contributed by atoms with Crippen LogP contribution in [0.15, 0.2) is 88.8 Å². The van der Waals surface area contributed by atoms with Crippen LogP contribution in [0.5, 0.6) is 0 Å². The number of aromatic nitrogens is 2. The van der Waals surface area contributed by atoms with Crippen LogP contribution in [0.25, 0.3) is 16.7 Å². The first-order valence-corrected chi connectivity index (χ1v) is 10.7. The molecule has 0 atom stereocenters. The molecule has 5 nitrogen and oxygen atoms in total. The molecule has 0 aliphatic rings. The summed E-state index contributed by atoms with van der Waals surface area (Å²) in [6, 6.07) is 19.9. The van der Waals surface area contributed by atoms with E-state index in [4.69, 9.17) is 0 Å². The number of benzene rings is 2. The van der Waals surface area contributed by atoms with Crippen LogP contribution in [0.4, 0.5) is 0 Å². The van der Waals surface area contributed by atoms with E-state index in [-0.39, 0.29) is 10.3 Å². The minimum Gasteiger partial charge on any atom is -0.301 e. The molecule has 4 rings (SSSR count). The summed E-state index contributed by atoms with van der Waals surface area (Å²) in [5.74, 6) is 0. The molecule has 28 heavy (non-hydrogen) atoms. The Hall–Kier alpha value is -3.25. The Morgan fingerprint density at radius 1 is 0.929 bits per heavy atom. The average molecular weight is 390 g/mol. The fourth-order valence-electron chi connectivity index (χ4n) is 3.20. The molecule has 4 aromatic rings. The van der Waals surface area contributed by atoms with E-state index in [1.807, 2.05) is 41.1 Å². The van der Waals surface area contributed by atoms with Crippen LogP contribution >= 0.6 is 0 Å². The first-order valence-electron chi connectivity index (χ1n) is 8.77. The minimum atomic E-state index is -3.25. The van der Waals surface area contributed by atoms with Gasteiger partial charge in [-0.15, -0.1) is 0 Å². The van der Waals surface area contributed by atoms with Crippen molar-refractivity contribution in [2.45, 2.75) is 11.3 Å². The topological polar surface area (TPSA) is 69.0 Å². The smallest absolute Gasteiger partial charge is 0.194 e. The summed E-state index contributed by atoms with van der Waals surface area (Å²) in [4.78, 5) is 17.7. The molecule has 0 radical (unpaired) electrons. The number of nitrogens with zero attached hydrogens (tertiary/aromatic N) is 2. The largest absolute Gasteiger partial charge is 0.301 e. The number of para-hydroxylation sites is 1. The highest BCUT2D eigenvalue weighted by atomic mass is 32.2. The molecular weight excluding hydrogens is 372 g/mol. The Kier molecular flexibility index (Phi) is 4.57. The van der Waals surface area contributed by atoms with Crippen LogP contribution in [-0.2, 0) is 16.3 Å². The maximum Gasteiger partial charge on any atom is 0.194 e.